The molecule has 4 aromatic rings. The van der Waals surface area contributed by atoms with Crippen molar-refractivity contribution in [3.8, 4) is 5.69 Å². The SMILES string of the molecule is [B]c1nnc(SCC(=O)NC(Cc2ccccc2)C(=O)OC)n1-c1ccc(C2CC2)c2ccccc12. The third kappa shape index (κ3) is 5.16. The van der Waals surface area contributed by atoms with Crippen LogP contribution in [0.2, 0.25) is 0 Å². The number of thioether (sulfide) groups is 1. The standard InChI is InChI=1S/C27H25BN4O3S/c1-35-25(34)22(15-17-7-3-2-4-8-17)29-24(33)16-36-27-31-30-26(28)32(27)23-14-13-19(18-11-12-18)20-9-5-6-10-21(20)23/h2-10,13-14,18,22H,11-12,15-16H2,1H3,(H,29,33). The van der Waals surface area contributed by atoms with Crippen LogP contribution in [0.3, 0.4) is 0 Å². The van der Waals surface area contributed by atoms with Crippen molar-refractivity contribution in [3.63, 3.8) is 0 Å². The third-order valence-corrected chi connectivity index (χ3v) is 7.22. The molecule has 1 atom stereocenters. The van der Waals surface area contributed by atoms with Gasteiger partial charge in [-0.25, -0.2) is 4.79 Å². The first-order valence-electron chi connectivity index (χ1n) is 11.8. The van der Waals surface area contributed by atoms with Gasteiger partial charge in [-0.15, -0.1) is 10.2 Å². The van der Waals surface area contributed by atoms with E-state index in [1.165, 1.54) is 42.7 Å². The van der Waals surface area contributed by atoms with Crippen LogP contribution in [0.15, 0.2) is 71.9 Å². The molecule has 1 amide bonds. The summed E-state index contributed by atoms with van der Waals surface area (Å²) in [6, 6.07) is 21.1. The number of nitrogens with zero attached hydrogens (tertiary/aromatic N) is 3. The average molecular weight is 496 g/mol. The van der Waals surface area contributed by atoms with Gasteiger partial charge in [0.15, 0.2) is 13.0 Å². The topological polar surface area (TPSA) is 86.1 Å². The molecule has 1 aliphatic rings. The van der Waals surface area contributed by atoms with Gasteiger partial charge in [-0.05, 0) is 41.3 Å². The molecular formula is C27H25BN4O3S. The molecular weight excluding hydrogens is 471 g/mol. The fourth-order valence-corrected chi connectivity index (χ4v) is 5.17. The maximum absolute atomic E-state index is 12.8. The molecule has 0 bridgehead atoms. The molecule has 7 nitrogen and oxygen atoms in total. The summed E-state index contributed by atoms with van der Waals surface area (Å²) in [6.45, 7) is 0. The Hall–Kier alpha value is -3.59. The van der Waals surface area contributed by atoms with E-state index in [1.54, 1.807) is 4.57 Å². The maximum atomic E-state index is 12.8. The third-order valence-electron chi connectivity index (χ3n) is 6.29. The van der Waals surface area contributed by atoms with Gasteiger partial charge in [0.2, 0.25) is 5.91 Å². The molecule has 1 saturated carbocycles. The number of ether oxygens (including phenoxy) is 1. The number of fused-ring (bicyclic) bond motifs is 1. The lowest BCUT2D eigenvalue weighted by molar-refractivity contribution is -0.144. The van der Waals surface area contributed by atoms with Crippen LogP contribution in [-0.4, -0.2) is 53.4 Å². The van der Waals surface area contributed by atoms with E-state index < -0.39 is 12.0 Å². The molecule has 0 spiro atoms. The number of carbonyl (C=O) groups is 2. The normalized spacial score (nSPS) is 13.9. The lowest BCUT2D eigenvalue weighted by Crippen LogP contribution is -2.43. The number of benzene rings is 3. The Kier molecular flexibility index (Phi) is 7.09. The summed E-state index contributed by atoms with van der Waals surface area (Å²) in [7, 11) is 7.53. The van der Waals surface area contributed by atoms with Gasteiger partial charge in [0.25, 0.3) is 0 Å². The van der Waals surface area contributed by atoms with Gasteiger partial charge >= 0.3 is 5.97 Å². The Morgan fingerprint density at radius 3 is 2.50 bits per heavy atom. The number of hydrogen-bond acceptors (Lipinski definition) is 6. The largest absolute Gasteiger partial charge is 0.467 e. The molecule has 2 radical (unpaired) electrons. The predicted molar refractivity (Wildman–Crippen MR) is 141 cm³/mol. The number of esters is 1. The summed E-state index contributed by atoms with van der Waals surface area (Å²) in [4.78, 5) is 25.1. The quantitative estimate of drug-likeness (QED) is 0.218. The molecule has 1 aromatic heterocycles. The highest BCUT2D eigenvalue weighted by molar-refractivity contribution is 7.99. The highest BCUT2D eigenvalue weighted by Gasteiger charge is 2.27. The monoisotopic (exact) mass is 496 g/mol. The lowest BCUT2D eigenvalue weighted by atomic mass is 9.99. The van der Waals surface area contributed by atoms with Crippen molar-refractivity contribution in [1.29, 1.82) is 0 Å². The Balaban J connectivity index is 1.34. The van der Waals surface area contributed by atoms with Crippen LogP contribution in [0.5, 0.6) is 0 Å². The molecule has 3 aromatic carbocycles. The predicted octanol–water partition coefficient (Wildman–Crippen LogP) is 3.08. The average Bonchev–Trinajstić information content (AvgIpc) is 3.69. The van der Waals surface area contributed by atoms with Crippen molar-refractivity contribution < 1.29 is 14.3 Å². The molecule has 36 heavy (non-hydrogen) atoms. The second kappa shape index (κ2) is 10.6. The van der Waals surface area contributed by atoms with Crippen LogP contribution in [-0.2, 0) is 20.7 Å². The summed E-state index contributed by atoms with van der Waals surface area (Å²) in [5.41, 5.74) is 3.40. The molecule has 9 heteroatoms. The summed E-state index contributed by atoms with van der Waals surface area (Å²) in [6.07, 6.45) is 2.77. The van der Waals surface area contributed by atoms with E-state index in [2.05, 4.69) is 33.7 Å². The highest BCUT2D eigenvalue weighted by atomic mass is 32.2. The first-order chi connectivity index (χ1) is 17.5. The van der Waals surface area contributed by atoms with Gasteiger partial charge in [-0.2, -0.15) is 0 Å². The van der Waals surface area contributed by atoms with Gasteiger partial charge < -0.3 is 10.1 Å². The van der Waals surface area contributed by atoms with E-state index >= 15 is 0 Å². The number of rotatable bonds is 9. The summed E-state index contributed by atoms with van der Waals surface area (Å²) >= 11 is 1.22. The first kappa shape index (κ1) is 24.1. The molecule has 0 saturated heterocycles. The van der Waals surface area contributed by atoms with E-state index in [1.807, 2.05) is 48.5 Å². The number of carbonyl (C=O) groups excluding carboxylic acids is 2. The molecule has 5 rings (SSSR count). The van der Waals surface area contributed by atoms with Crippen LogP contribution >= 0.6 is 11.8 Å². The van der Waals surface area contributed by atoms with Crippen LogP contribution in [0, 0.1) is 0 Å². The minimum Gasteiger partial charge on any atom is -0.467 e. The molecule has 1 fully saturated rings. The Morgan fingerprint density at radius 2 is 1.78 bits per heavy atom. The molecule has 1 N–H and O–H groups in total. The Morgan fingerprint density at radius 1 is 1.06 bits per heavy atom. The number of amides is 1. The van der Waals surface area contributed by atoms with Gasteiger partial charge in [-0.1, -0.05) is 72.4 Å². The zero-order valence-corrected chi connectivity index (χ0v) is 20.7. The minimum absolute atomic E-state index is 0.0402. The van der Waals surface area contributed by atoms with Crippen molar-refractivity contribution in [2.45, 2.75) is 36.4 Å². The van der Waals surface area contributed by atoms with Crippen molar-refractivity contribution in [2.24, 2.45) is 0 Å². The molecule has 180 valence electrons. The van der Waals surface area contributed by atoms with E-state index in [0.717, 1.165) is 16.6 Å². The van der Waals surface area contributed by atoms with E-state index in [0.29, 0.717) is 17.5 Å². The van der Waals surface area contributed by atoms with Crippen LogP contribution in [0.1, 0.15) is 29.9 Å². The zero-order chi connectivity index (χ0) is 25.1. The first-order valence-corrected chi connectivity index (χ1v) is 12.8. The summed E-state index contributed by atoms with van der Waals surface area (Å²) in [5, 5.41) is 13.8. The Labute approximate surface area is 215 Å². The smallest absolute Gasteiger partial charge is 0.328 e. The van der Waals surface area contributed by atoms with Gasteiger partial charge in [0, 0.05) is 11.8 Å². The van der Waals surface area contributed by atoms with E-state index in [4.69, 9.17) is 12.6 Å². The summed E-state index contributed by atoms with van der Waals surface area (Å²) < 4.78 is 6.67. The molecule has 1 aliphatic carbocycles. The van der Waals surface area contributed by atoms with Gasteiger partial charge in [-0.3, -0.25) is 9.36 Å². The number of aromatic nitrogens is 3. The van der Waals surface area contributed by atoms with Crippen molar-refractivity contribution in [2.75, 3.05) is 12.9 Å². The summed E-state index contributed by atoms with van der Waals surface area (Å²) in [5.74, 6) is -0.156. The van der Waals surface area contributed by atoms with Gasteiger partial charge in [0.05, 0.1) is 24.3 Å². The van der Waals surface area contributed by atoms with Crippen LogP contribution in [0.25, 0.3) is 16.5 Å². The van der Waals surface area contributed by atoms with E-state index in [-0.39, 0.29) is 17.4 Å². The molecule has 0 aliphatic heterocycles. The molecule has 1 heterocycles. The van der Waals surface area contributed by atoms with Crippen LogP contribution in [0.4, 0.5) is 0 Å². The second-order valence-electron chi connectivity index (χ2n) is 8.79. The number of nitrogens with one attached hydrogen (secondary N) is 1. The van der Waals surface area contributed by atoms with Gasteiger partial charge in [0.1, 0.15) is 6.04 Å². The fourth-order valence-electron chi connectivity index (χ4n) is 4.40. The molecule has 1 unspecified atom stereocenters. The fraction of sp³-hybridized carbons (Fsp3) is 0.259. The Bertz CT molecular complexity index is 1400. The maximum Gasteiger partial charge on any atom is 0.328 e. The van der Waals surface area contributed by atoms with Crippen molar-refractivity contribution >= 4 is 48.0 Å². The number of hydrogen-bond donors (Lipinski definition) is 1. The van der Waals surface area contributed by atoms with Crippen molar-refractivity contribution in [1.82, 2.24) is 20.1 Å². The highest BCUT2D eigenvalue weighted by Crippen LogP contribution is 2.44. The van der Waals surface area contributed by atoms with E-state index in [9.17, 15) is 9.59 Å². The second-order valence-corrected chi connectivity index (χ2v) is 9.73. The number of methoxy groups -OCH3 is 1. The zero-order valence-electron chi connectivity index (χ0n) is 19.9. The van der Waals surface area contributed by atoms with Crippen molar-refractivity contribution in [3.05, 3.63) is 77.9 Å². The minimum atomic E-state index is -0.785. The lowest BCUT2D eigenvalue weighted by Gasteiger charge is -2.17. The van der Waals surface area contributed by atoms with Crippen LogP contribution < -0.4 is 11.0 Å².